The van der Waals surface area contributed by atoms with Crippen LogP contribution in [0.4, 0.5) is 11.4 Å². The number of anilines is 2. The van der Waals surface area contributed by atoms with E-state index in [1.54, 1.807) is 60.7 Å². The second kappa shape index (κ2) is 8.81. The summed E-state index contributed by atoms with van der Waals surface area (Å²) >= 11 is 0. The van der Waals surface area contributed by atoms with Crippen LogP contribution in [0.25, 0.3) is 0 Å². The van der Waals surface area contributed by atoms with E-state index in [-0.39, 0.29) is 11.8 Å². The van der Waals surface area contributed by atoms with Gasteiger partial charge in [0, 0.05) is 22.6 Å². The van der Waals surface area contributed by atoms with E-state index in [2.05, 4.69) is 15.6 Å². The molecule has 0 spiro atoms. The lowest BCUT2D eigenvalue weighted by molar-refractivity contribution is 0.101. The number of ether oxygens (including phenoxy) is 1. The number of carbonyl (C=O) groups is 2. The van der Waals surface area contributed by atoms with Gasteiger partial charge in [0.05, 0.1) is 6.61 Å². The molecule has 2 amide bonds. The van der Waals surface area contributed by atoms with Gasteiger partial charge in [-0.3, -0.25) is 9.59 Å². The van der Waals surface area contributed by atoms with Crippen molar-refractivity contribution in [3.05, 3.63) is 83.7 Å². The predicted molar refractivity (Wildman–Crippen MR) is 109 cm³/mol. The quantitative estimate of drug-likeness (QED) is 0.673. The minimum atomic E-state index is -0.296. The Morgan fingerprint density at radius 1 is 0.857 bits per heavy atom. The van der Waals surface area contributed by atoms with Gasteiger partial charge < -0.3 is 15.4 Å². The maximum atomic E-state index is 12.4. The Kier molecular flexibility index (Phi) is 6.01. The van der Waals surface area contributed by atoms with Gasteiger partial charge >= 0.3 is 0 Å². The summed E-state index contributed by atoms with van der Waals surface area (Å²) in [5, 5.41) is 5.60. The van der Waals surface area contributed by atoms with E-state index < -0.39 is 0 Å². The Bertz CT molecular complexity index is 967. The number of hydrogen-bond acceptors (Lipinski definition) is 4. The molecular formula is C22H21N3O3. The molecule has 28 heavy (non-hydrogen) atoms. The van der Waals surface area contributed by atoms with Crippen molar-refractivity contribution in [3.63, 3.8) is 0 Å². The number of nitrogens with one attached hydrogen (secondary N) is 2. The van der Waals surface area contributed by atoms with Crippen LogP contribution in [-0.4, -0.2) is 23.4 Å². The minimum absolute atomic E-state index is 0.234. The van der Waals surface area contributed by atoms with Crippen LogP contribution in [0, 0.1) is 6.92 Å². The van der Waals surface area contributed by atoms with Gasteiger partial charge in [-0.25, -0.2) is 4.98 Å². The summed E-state index contributed by atoms with van der Waals surface area (Å²) in [5.41, 5.74) is 2.87. The third kappa shape index (κ3) is 4.94. The summed E-state index contributed by atoms with van der Waals surface area (Å²) in [4.78, 5) is 28.8. The largest absolute Gasteiger partial charge is 0.494 e. The number of amides is 2. The molecule has 0 unspecified atom stereocenters. The molecule has 1 heterocycles. The number of pyridine rings is 1. The average Bonchev–Trinajstić information content (AvgIpc) is 2.70. The first-order valence-electron chi connectivity index (χ1n) is 8.94. The molecule has 0 aliphatic rings. The van der Waals surface area contributed by atoms with Crippen molar-refractivity contribution in [3.8, 4) is 5.75 Å². The van der Waals surface area contributed by atoms with Gasteiger partial charge in [0.15, 0.2) is 0 Å². The first-order valence-corrected chi connectivity index (χ1v) is 8.94. The van der Waals surface area contributed by atoms with Crippen LogP contribution >= 0.6 is 0 Å². The molecule has 2 aromatic carbocycles. The number of aryl methyl sites for hydroxylation is 1. The van der Waals surface area contributed by atoms with Crippen molar-refractivity contribution in [2.45, 2.75) is 13.8 Å². The zero-order chi connectivity index (χ0) is 19.9. The molecule has 142 valence electrons. The molecule has 0 aliphatic heterocycles. The molecule has 0 aliphatic carbocycles. The molecule has 6 heteroatoms. The summed E-state index contributed by atoms with van der Waals surface area (Å²) in [6.45, 7) is 4.34. The fraction of sp³-hybridized carbons (Fsp3) is 0.136. The maximum Gasteiger partial charge on any atom is 0.274 e. The van der Waals surface area contributed by atoms with Crippen molar-refractivity contribution in [2.24, 2.45) is 0 Å². The molecule has 0 saturated heterocycles. The summed E-state index contributed by atoms with van der Waals surface area (Å²) in [6.07, 6.45) is 0. The Hall–Kier alpha value is -3.67. The van der Waals surface area contributed by atoms with Gasteiger partial charge in [0.25, 0.3) is 11.8 Å². The van der Waals surface area contributed by atoms with E-state index in [4.69, 9.17) is 4.74 Å². The predicted octanol–water partition coefficient (Wildman–Crippen LogP) is 4.29. The molecule has 0 atom stereocenters. The zero-order valence-electron chi connectivity index (χ0n) is 15.7. The Labute approximate surface area is 163 Å². The average molecular weight is 375 g/mol. The molecule has 1 aromatic heterocycles. The molecule has 0 radical (unpaired) electrons. The van der Waals surface area contributed by atoms with E-state index in [9.17, 15) is 9.59 Å². The van der Waals surface area contributed by atoms with Crippen molar-refractivity contribution in [1.82, 2.24) is 4.98 Å². The molecule has 6 nitrogen and oxygen atoms in total. The molecular weight excluding hydrogens is 354 g/mol. The lowest BCUT2D eigenvalue weighted by Crippen LogP contribution is -2.15. The maximum absolute atomic E-state index is 12.4. The first-order chi connectivity index (χ1) is 13.5. The number of aromatic nitrogens is 1. The Morgan fingerprint density at radius 2 is 1.46 bits per heavy atom. The minimum Gasteiger partial charge on any atom is -0.494 e. The van der Waals surface area contributed by atoms with Crippen molar-refractivity contribution >= 4 is 23.2 Å². The van der Waals surface area contributed by atoms with Gasteiger partial charge in [-0.05, 0) is 74.5 Å². The summed E-state index contributed by atoms with van der Waals surface area (Å²) < 4.78 is 5.38. The van der Waals surface area contributed by atoms with Gasteiger partial charge in [-0.2, -0.15) is 0 Å². The number of rotatable bonds is 6. The van der Waals surface area contributed by atoms with E-state index >= 15 is 0 Å². The molecule has 2 N–H and O–H groups in total. The summed E-state index contributed by atoms with van der Waals surface area (Å²) in [5.74, 6) is 0.223. The standard InChI is InChI=1S/C22H21N3O3/c1-3-28-19-13-11-18(12-14-19)24-21(26)16-7-9-17(10-8-16)25-22(27)20-6-4-5-15(2)23-20/h4-14H,3H2,1-2H3,(H,24,26)(H,25,27). The second-order valence-corrected chi connectivity index (χ2v) is 6.11. The molecule has 0 bridgehead atoms. The zero-order valence-corrected chi connectivity index (χ0v) is 15.7. The highest BCUT2D eigenvalue weighted by Crippen LogP contribution is 2.17. The Morgan fingerprint density at radius 3 is 2.07 bits per heavy atom. The fourth-order valence-corrected chi connectivity index (χ4v) is 2.57. The third-order valence-corrected chi connectivity index (χ3v) is 3.95. The fourth-order valence-electron chi connectivity index (χ4n) is 2.57. The van der Waals surface area contributed by atoms with E-state index in [0.717, 1.165) is 11.4 Å². The normalized spacial score (nSPS) is 10.2. The van der Waals surface area contributed by atoms with Crippen LogP contribution < -0.4 is 15.4 Å². The van der Waals surface area contributed by atoms with Crippen molar-refractivity contribution in [2.75, 3.05) is 17.2 Å². The highest BCUT2D eigenvalue weighted by atomic mass is 16.5. The van der Waals surface area contributed by atoms with Crippen LogP contribution in [0.15, 0.2) is 66.7 Å². The number of carbonyl (C=O) groups excluding carboxylic acids is 2. The van der Waals surface area contributed by atoms with Crippen LogP contribution in [-0.2, 0) is 0 Å². The molecule has 3 aromatic rings. The van der Waals surface area contributed by atoms with Gasteiger partial charge in [-0.15, -0.1) is 0 Å². The number of nitrogens with zero attached hydrogens (tertiary/aromatic N) is 1. The second-order valence-electron chi connectivity index (χ2n) is 6.11. The smallest absolute Gasteiger partial charge is 0.274 e. The lowest BCUT2D eigenvalue weighted by Gasteiger charge is -2.09. The van der Waals surface area contributed by atoms with Crippen LogP contribution in [0.1, 0.15) is 33.5 Å². The molecule has 0 saturated carbocycles. The van der Waals surface area contributed by atoms with Gasteiger partial charge in [-0.1, -0.05) is 6.07 Å². The summed E-state index contributed by atoms with van der Waals surface area (Å²) in [7, 11) is 0. The van der Waals surface area contributed by atoms with E-state index in [0.29, 0.717) is 29.2 Å². The monoisotopic (exact) mass is 375 g/mol. The molecule has 3 rings (SSSR count). The van der Waals surface area contributed by atoms with Crippen LogP contribution in [0.5, 0.6) is 5.75 Å². The SMILES string of the molecule is CCOc1ccc(NC(=O)c2ccc(NC(=O)c3cccc(C)n3)cc2)cc1. The third-order valence-electron chi connectivity index (χ3n) is 3.95. The van der Waals surface area contributed by atoms with Crippen LogP contribution in [0.3, 0.4) is 0 Å². The van der Waals surface area contributed by atoms with Crippen molar-refractivity contribution in [1.29, 1.82) is 0 Å². The van der Waals surface area contributed by atoms with Crippen LogP contribution in [0.2, 0.25) is 0 Å². The van der Waals surface area contributed by atoms with E-state index in [1.165, 1.54) is 0 Å². The molecule has 0 fully saturated rings. The highest BCUT2D eigenvalue weighted by Gasteiger charge is 2.10. The Balaban J connectivity index is 1.61. The van der Waals surface area contributed by atoms with Gasteiger partial charge in [0.1, 0.15) is 11.4 Å². The summed E-state index contributed by atoms with van der Waals surface area (Å²) in [6, 6.07) is 19.1. The van der Waals surface area contributed by atoms with Gasteiger partial charge in [0.2, 0.25) is 0 Å². The first kappa shape index (κ1) is 19.1. The topological polar surface area (TPSA) is 80.3 Å². The lowest BCUT2D eigenvalue weighted by atomic mass is 10.2. The number of benzene rings is 2. The number of hydrogen-bond donors (Lipinski definition) is 2. The van der Waals surface area contributed by atoms with Crippen molar-refractivity contribution < 1.29 is 14.3 Å². The van der Waals surface area contributed by atoms with E-state index in [1.807, 2.05) is 19.9 Å². The highest BCUT2D eigenvalue weighted by molar-refractivity contribution is 6.05.